The number of hydrogen-bond acceptors (Lipinski definition) is 4. The minimum absolute atomic E-state index is 0.110. The van der Waals surface area contributed by atoms with E-state index >= 15 is 0 Å². The van der Waals surface area contributed by atoms with Crippen LogP contribution in [0.5, 0.6) is 0 Å². The number of carbonyl (C=O) groups excluding carboxylic acids is 1. The number of hydrogen-bond donors (Lipinski definition) is 2. The molecule has 0 spiro atoms. The number of cyclic esters (lactones) is 1. The van der Waals surface area contributed by atoms with E-state index in [2.05, 4.69) is 13.8 Å². The zero-order chi connectivity index (χ0) is 18.2. The predicted octanol–water partition coefficient (Wildman–Crippen LogP) is 3.09. The Kier molecular flexibility index (Phi) is 4.80. The number of aliphatic hydroxyl groups excluding tert-OH is 1. The molecule has 0 aromatic rings. The number of aliphatic carboxylic acids is 1. The number of rotatable bonds is 5. The molecule has 1 heterocycles. The quantitative estimate of drug-likeness (QED) is 0.746. The third kappa shape index (κ3) is 2.92. The predicted molar refractivity (Wildman–Crippen MR) is 92.7 cm³/mol. The zero-order valence-electron chi connectivity index (χ0n) is 15.1. The lowest BCUT2D eigenvalue weighted by Gasteiger charge is -2.58. The van der Waals surface area contributed by atoms with Crippen LogP contribution < -0.4 is 0 Å². The Morgan fingerprint density at radius 3 is 2.68 bits per heavy atom. The van der Waals surface area contributed by atoms with Gasteiger partial charge in [-0.1, -0.05) is 19.9 Å². The van der Waals surface area contributed by atoms with Crippen LogP contribution in [0.3, 0.4) is 0 Å². The number of esters is 1. The van der Waals surface area contributed by atoms with Crippen molar-refractivity contribution < 1.29 is 24.5 Å². The molecule has 0 bridgehead atoms. The minimum atomic E-state index is -0.820. The molecule has 0 saturated heterocycles. The topological polar surface area (TPSA) is 83.8 Å². The van der Waals surface area contributed by atoms with Crippen molar-refractivity contribution in [1.29, 1.82) is 0 Å². The van der Waals surface area contributed by atoms with Crippen LogP contribution in [-0.4, -0.2) is 35.4 Å². The smallest absolute Gasteiger partial charge is 0.334 e. The molecule has 4 atom stereocenters. The average Bonchev–Trinajstić information content (AvgIpc) is 2.97. The molecule has 0 aromatic carbocycles. The van der Waals surface area contributed by atoms with E-state index in [1.807, 2.05) is 12.2 Å². The van der Waals surface area contributed by atoms with Crippen molar-refractivity contribution in [2.45, 2.75) is 52.4 Å². The Balaban J connectivity index is 1.90. The lowest BCUT2D eigenvalue weighted by Crippen LogP contribution is -2.52. The summed E-state index contributed by atoms with van der Waals surface area (Å²) in [4.78, 5) is 23.6. The molecular weight excluding hydrogens is 320 g/mol. The van der Waals surface area contributed by atoms with Gasteiger partial charge >= 0.3 is 11.9 Å². The van der Waals surface area contributed by atoms with Crippen molar-refractivity contribution in [2.24, 2.45) is 22.7 Å². The monoisotopic (exact) mass is 348 g/mol. The highest BCUT2D eigenvalue weighted by molar-refractivity contribution is 5.90. The molecule has 3 aliphatic rings. The van der Waals surface area contributed by atoms with E-state index in [4.69, 9.17) is 4.74 Å². The van der Waals surface area contributed by atoms with Crippen molar-refractivity contribution in [1.82, 2.24) is 0 Å². The van der Waals surface area contributed by atoms with Crippen LogP contribution in [0.15, 0.2) is 23.3 Å². The molecule has 0 radical (unpaired) electrons. The first-order valence-electron chi connectivity index (χ1n) is 9.24. The van der Waals surface area contributed by atoms with E-state index < -0.39 is 5.97 Å². The number of ether oxygens (including phenoxy) is 1. The largest absolute Gasteiger partial charge is 0.478 e. The number of carboxylic acids is 1. The number of aliphatic hydroxyl groups is 1. The van der Waals surface area contributed by atoms with Gasteiger partial charge in [-0.05, 0) is 61.9 Å². The van der Waals surface area contributed by atoms with Crippen molar-refractivity contribution in [3.05, 3.63) is 23.3 Å². The van der Waals surface area contributed by atoms with Crippen molar-refractivity contribution >= 4 is 11.9 Å². The van der Waals surface area contributed by atoms with Crippen LogP contribution in [0.25, 0.3) is 0 Å². The van der Waals surface area contributed by atoms with Gasteiger partial charge in [-0.15, -0.1) is 0 Å². The molecule has 3 rings (SSSR count). The number of carboxylic acid groups (broad SMARTS) is 1. The molecule has 2 aliphatic carbocycles. The molecule has 1 fully saturated rings. The zero-order valence-corrected chi connectivity index (χ0v) is 15.1. The van der Waals surface area contributed by atoms with E-state index in [0.717, 1.165) is 37.7 Å². The van der Waals surface area contributed by atoms with Crippen LogP contribution in [0.4, 0.5) is 0 Å². The van der Waals surface area contributed by atoms with Crippen molar-refractivity contribution in [3.8, 4) is 0 Å². The third-order valence-electron chi connectivity index (χ3n) is 7.12. The molecule has 0 aromatic heterocycles. The van der Waals surface area contributed by atoms with Gasteiger partial charge in [0, 0.05) is 23.2 Å². The van der Waals surface area contributed by atoms with Crippen LogP contribution in [0.1, 0.15) is 52.4 Å². The third-order valence-corrected chi connectivity index (χ3v) is 7.12. The van der Waals surface area contributed by atoms with Gasteiger partial charge in [0.25, 0.3) is 0 Å². The molecule has 138 valence electrons. The van der Waals surface area contributed by atoms with Crippen LogP contribution in [-0.2, 0) is 14.3 Å². The molecule has 5 heteroatoms. The van der Waals surface area contributed by atoms with E-state index in [1.165, 1.54) is 0 Å². The molecule has 0 unspecified atom stereocenters. The first kappa shape index (κ1) is 18.2. The summed E-state index contributed by atoms with van der Waals surface area (Å²) in [5.74, 6) is -0.728. The Hall–Kier alpha value is -1.62. The summed E-state index contributed by atoms with van der Waals surface area (Å²) in [6.45, 7) is 4.72. The fourth-order valence-corrected chi connectivity index (χ4v) is 5.60. The fraction of sp³-hybridized carbons (Fsp3) is 0.700. The summed E-state index contributed by atoms with van der Waals surface area (Å²) in [7, 11) is 0. The lowest BCUT2D eigenvalue weighted by molar-refractivity contribution is -0.137. The van der Waals surface area contributed by atoms with Gasteiger partial charge in [0.2, 0.25) is 0 Å². The van der Waals surface area contributed by atoms with Crippen molar-refractivity contribution in [3.63, 3.8) is 0 Å². The fourth-order valence-electron chi connectivity index (χ4n) is 5.60. The standard InChI is InChI=1S/C20H28O5/c1-19(9-6-13-8-11-25-18(13)24)14(12-21)7-10-20(2)15(17(22)23)4-3-5-16(19)20/h4,8,14,16,21H,3,5-7,9-12H2,1-2H3,(H,22,23)/t14-,16+,19+,20+/m1/s1. The van der Waals surface area contributed by atoms with Gasteiger partial charge in [-0.3, -0.25) is 0 Å². The van der Waals surface area contributed by atoms with Gasteiger partial charge in [0.1, 0.15) is 6.61 Å². The molecule has 2 N–H and O–H groups in total. The second-order valence-electron chi connectivity index (χ2n) is 8.22. The van der Waals surface area contributed by atoms with Gasteiger partial charge in [-0.2, -0.15) is 0 Å². The number of carbonyl (C=O) groups is 2. The van der Waals surface area contributed by atoms with E-state index in [9.17, 15) is 19.8 Å². The normalized spacial score (nSPS) is 37.8. The van der Waals surface area contributed by atoms with Gasteiger partial charge in [-0.25, -0.2) is 9.59 Å². The Bertz CT molecular complexity index is 634. The Morgan fingerprint density at radius 1 is 1.32 bits per heavy atom. The second kappa shape index (κ2) is 6.60. The van der Waals surface area contributed by atoms with E-state index in [1.54, 1.807) is 0 Å². The first-order valence-corrected chi connectivity index (χ1v) is 9.24. The second-order valence-corrected chi connectivity index (χ2v) is 8.22. The van der Waals surface area contributed by atoms with Crippen LogP contribution >= 0.6 is 0 Å². The van der Waals surface area contributed by atoms with Gasteiger partial charge in [0.15, 0.2) is 0 Å². The molecular formula is C20H28O5. The number of fused-ring (bicyclic) bond motifs is 1. The van der Waals surface area contributed by atoms with Crippen molar-refractivity contribution in [2.75, 3.05) is 13.2 Å². The Morgan fingerprint density at radius 2 is 2.08 bits per heavy atom. The summed E-state index contributed by atoms with van der Waals surface area (Å²) in [6, 6.07) is 0. The lowest BCUT2D eigenvalue weighted by atomic mass is 9.46. The maximum Gasteiger partial charge on any atom is 0.334 e. The van der Waals surface area contributed by atoms with Crippen LogP contribution in [0.2, 0.25) is 0 Å². The highest BCUT2D eigenvalue weighted by atomic mass is 16.5. The summed E-state index contributed by atoms with van der Waals surface area (Å²) < 4.78 is 5.00. The molecule has 1 aliphatic heterocycles. The van der Waals surface area contributed by atoms with E-state index in [-0.39, 0.29) is 35.2 Å². The molecule has 25 heavy (non-hydrogen) atoms. The first-order chi connectivity index (χ1) is 11.8. The maximum atomic E-state index is 11.8. The average molecular weight is 348 g/mol. The molecule has 5 nitrogen and oxygen atoms in total. The summed E-state index contributed by atoms with van der Waals surface area (Å²) in [5, 5.41) is 19.7. The van der Waals surface area contributed by atoms with E-state index in [0.29, 0.717) is 18.6 Å². The maximum absolute atomic E-state index is 11.8. The summed E-state index contributed by atoms with van der Waals surface area (Å²) >= 11 is 0. The highest BCUT2D eigenvalue weighted by Crippen LogP contribution is 2.62. The highest BCUT2D eigenvalue weighted by Gasteiger charge is 2.56. The summed E-state index contributed by atoms with van der Waals surface area (Å²) in [6.07, 6.45) is 8.43. The Labute approximate surface area is 148 Å². The van der Waals surface area contributed by atoms with Gasteiger partial charge in [0.05, 0.1) is 0 Å². The molecule has 1 saturated carbocycles. The number of allylic oxidation sites excluding steroid dienone is 1. The molecule has 0 amide bonds. The summed E-state index contributed by atoms with van der Waals surface area (Å²) in [5.41, 5.74) is 0.691. The van der Waals surface area contributed by atoms with Gasteiger partial charge < -0.3 is 14.9 Å². The SMILES string of the molecule is C[C@]1(CCC2=CCOC2=O)[C@@H](CO)CC[C@@]2(C)C(C(=O)O)=CCC[C@@H]12. The minimum Gasteiger partial charge on any atom is -0.478 e. The van der Waals surface area contributed by atoms with Crippen LogP contribution in [0, 0.1) is 22.7 Å².